The number of pyridine rings is 1. The molecule has 0 amide bonds. The summed E-state index contributed by atoms with van der Waals surface area (Å²) < 4.78 is 5.59. The van der Waals surface area contributed by atoms with Crippen LogP contribution in [-0.4, -0.2) is 11.1 Å². The summed E-state index contributed by atoms with van der Waals surface area (Å²) in [7, 11) is 0. The zero-order valence-electron chi connectivity index (χ0n) is 7.23. The summed E-state index contributed by atoms with van der Waals surface area (Å²) in [5.41, 5.74) is 0.384. The maximum Gasteiger partial charge on any atom is 0.182 e. The van der Waals surface area contributed by atoms with Crippen LogP contribution in [0.4, 0.5) is 0 Å². The minimum atomic E-state index is 0.302. The molecule has 13 heavy (non-hydrogen) atoms. The molecular weight excluding hydrogens is 164 g/mol. The van der Waals surface area contributed by atoms with Gasteiger partial charge in [-0.25, -0.2) is 4.98 Å². The maximum absolute atomic E-state index is 8.73. The molecule has 0 saturated heterocycles. The van der Waals surface area contributed by atoms with E-state index in [2.05, 4.69) is 4.98 Å². The lowest BCUT2D eigenvalue weighted by molar-refractivity contribution is 0.119. The molecule has 3 nitrogen and oxygen atoms in total. The Morgan fingerprint density at radius 1 is 1.54 bits per heavy atom. The summed E-state index contributed by atoms with van der Waals surface area (Å²) in [4.78, 5) is 3.92. The van der Waals surface area contributed by atoms with Gasteiger partial charge in [0, 0.05) is 6.20 Å². The Morgan fingerprint density at radius 2 is 2.38 bits per heavy atom. The van der Waals surface area contributed by atoms with E-state index < -0.39 is 0 Å². The Bertz CT molecular complexity index is 339. The van der Waals surface area contributed by atoms with Gasteiger partial charge in [-0.15, -0.1) is 0 Å². The van der Waals surface area contributed by atoms with Crippen molar-refractivity contribution >= 4 is 0 Å². The van der Waals surface area contributed by atoms with E-state index in [-0.39, 0.29) is 0 Å². The number of ether oxygens (including phenoxy) is 1. The Labute approximate surface area is 77.0 Å². The van der Waals surface area contributed by atoms with Crippen LogP contribution in [0.25, 0.3) is 0 Å². The van der Waals surface area contributed by atoms with Crippen LogP contribution >= 0.6 is 0 Å². The van der Waals surface area contributed by atoms with Gasteiger partial charge < -0.3 is 4.74 Å². The predicted octanol–water partition coefficient (Wildman–Crippen LogP) is 1.88. The highest BCUT2D eigenvalue weighted by Gasteiger charge is 2.20. The van der Waals surface area contributed by atoms with Crippen LogP contribution in [0.2, 0.25) is 0 Å². The van der Waals surface area contributed by atoms with Gasteiger partial charge >= 0.3 is 0 Å². The average Bonchev–Trinajstić information content (AvgIpc) is 2.12. The van der Waals surface area contributed by atoms with Crippen molar-refractivity contribution in [2.24, 2.45) is 0 Å². The second kappa shape index (κ2) is 3.44. The molecule has 0 aromatic carbocycles. The lowest BCUT2D eigenvalue weighted by Crippen LogP contribution is -2.25. The number of nitriles is 1. The van der Waals surface area contributed by atoms with Crippen LogP contribution in [0.3, 0.4) is 0 Å². The SMILES string of the molecule is N#Cc1ncccc1OC1CCC1. The molecule has 0 aliphatic heterocycles. The normalized spacial score (nSPS) is 15.9. The molecular formula is C10H10N2O. The molecule has 0 spiro atoms. The third-order valence-corrected chi connectivity index (χ3v) is 2.22. The van der Waals surface area contributed by atoms with Gasteiger partial charge in [-0.2, -0.15) is 5.26 Å². The minimum Gasteiger partial charge on any atom is -0.487 e. The second-order valence-corrected chi connectivity index (χ2v) is 3.13. The zero-order valence-corrected chi connectivity index (χ0v) is 7.23. The number of hydrogen-bond acceptors (Lipinski definition) is 3. The Balaban J connectivity index is 2.14. The number of nitrogens with zero attached hydrogens (tertiary/aromatic N) is 2. The Kier molecular flexibility index (Phi) is 2.13. The lowest BCUT2D eigenvalue weighted by Gasteiger charge is -2.26. The minimum absolute atomic E-state index is 0.302. The van der Waals surface area contributed by atoms with Gasteiger partial charge in [-0.1, -0.05) is 0 Å². The fourth-order valence-electron chi connectivity index (χ4n) is 1.24. The summed E-state index contributed by atoms with van der Waals surface area (Å²) in [6, 6.07) is 5.60. The third kappa shape index (κ3) is 1.62. The van der Waals surface area contributed by atoms with Crippen molar-refractivity contribution in [3.8, 4) is 11.8 Å². The number of hydrogen-bond donors (Lipinski definition) is 0. The lowest BCUT2D eigenvalue weighted by atomic mass is 9.96. The molecule has 1 aromatic heterocycles. The fraction of sp³-hybridized carbons (Fsp3) is 0.400. The summed E-state index contributed by atoms with van der Waals surface area (Å²) in [5.74, 6) is 0.620. The quantitative estimate of drug-likeness (QED) is 0.687. The fourth-order valence-corrected chi connectivity index (χ4v) is 1.24. The first-order valence-corrected chi connectivity index (χ1v) is 4.42. The van der Waals surface area contributed by atoms with Crippen molar-refractivity contribution in [2.45, 2.75) is 25.4 Å². The highest BCUT2D eigenvalue weighted by molar-refractivity contribution is 5.36. The Hall–Kier alpha value is -1.56. The van der Waals surface area contributed by atoms with Crippen molar-refractivity contribution in [3.05, 3.63) is 24.0 Å². The summed E-state index contributed by atoms with van der Waals surface area (Å²) >= 11 is 0. The van der Waals surface area contributed by atoms with Gasteiger partial charge in [0.25, 0.3) is 0 Å². The summed E-state index contributed by atoms with van der Waals surface area (Å²) in [5, 5.41) is 8.73. The smallest absolute Gasteiger partial charge is 0.182 e. The topological polar surface area (TPSA) is 45.9 Å². The van der Waals surface area contributed by atoms with Crippen molar-refractivity contribution in [3.63, 3.8) is 0 Å². The molecule has 0 bridgehead atoms. The number of aromatic nitrogens is 1. The van der Waals surface area contributed by atoms with Gasteiger partial charge in [-0.3, -0.25) is 0 Å². The van der Waals surface area contributed by atoms with E-state index in [9.17, 15) is 0 Å². The predicted molar refractivity (Wildman–Crippen MR) is 47.2 cm³/mol. The van der Waals surface area contributed by atoms with Crippen molar-refractivity contribution < 1.29 is 4.74 Å². The van der Waals surface area contributed by atoms with Crippen LogP contribution in [0.5, 0.6) is 5.75 Å². The molecule has 0 N–H and O–H groups in total. The molecule has 0 atom stereocenters. The van der Waals surface area contributed by atoms with Crippen LogP contribution in [0, 0.1) is 11.3 Å². The van der Waals surface area contributed by atoms with E-state index in [0.717, 1.165) is 12.8 Å². The highest BCUT2D eigenvalue weighted by Crippen LogP contribution is 2.26. The van der Waals surface area contributed by atoms with Gasteiger partial charge in [0.1, 0.15) is 6.07 Å². The van der Waals surface area contributed by atoms with Gasteiger partial charge in [0.2, 0.25) is 0 Å². The van der Waals surface area contributed by atoms with Crippen molar-refractivity contribution in [2.75, 3.05) is 0 Å². The second-order valence-electron chi connectivity index (χ2n) is 3.13. The maximum atomic E-state index is 8.73. The molecule has 1 aromatic rings. The first-order chi connectivity index (χ1) is 6.40. The van der Waals surface area contributed by atoms with Crippen LogP contribution < -0.4 is 4.74 Å². The molecule has 0 radical (unpaired) electrons. The zero-order chi connectivity index (χ0) is 9.10. The number of rotatable bonds is 2. The highest BCUT2D eigenvalue weighted by atomic mass is 16.5. The van der Waals surface area contributed by atoms with E-state index in [0.29, 0.717) is 17.5 Å². The standard InChI is InChI=1S/C10H10N2O/c11-7-9-10(5-2-6-12-9)13-8-3-1-4-8/h2,5-6,8H,1,3-4H2. The van der Waals surface area contributed by atoms with E-state index in [1.165, 1.54) is 6.42 Å². The monoisotopic (exact) mass is 174 g/mol. The molecule has 2 rings (SSSR count). The molecule has 1 saturated carbocycles. The van der Waals surface area contributed by atoms with Gasteiger partial charge in [0.15, 0.2) is 11.4 Å². The van der Waals surface area contributed by atoms with Crippen LogP contribution in [0.15, 0.2) is 18.3 Å². The summed E-state index contributed by atoms with van der Waals surface area (Å²) in [6.07, 6.45) is 5.33. The molecule has 1 fully saturated rings. The van der Waals surface area contributed by atoms with Crippen LogP contribution in [-0.2, 0) is 0 Å². The Morgan fingerprint density at radius 3 is 3.00 bits per heavy atom. The van der Waals surface area contributed by atoms with E-state index in [4.69, 9.17) is 10.00 Å². The van der Waals surface area contributed by atoms with Crippen molar-refractivity contribution in [1.29, 1.82) is 5.26 Å². The van der Waals surface area contributed by atoms with E-state index in [1.54, 1.807) is 18.3 Å². The van der Waals surface area contributed by atoms with Gasteiger partial charge in [-0.05, 0) is 31.4 Å². The first kappa shape index (κ1) is 8.06. The molecule has 1 heterocycles. The van der Waals surface area contributed by atoms with Crippen molar-refractivity contribution in [1.82, 2.24) is 4.98 Å². The average molecular weight is 174 g/mol. The van der Waals surface area contributed by atoms with E-state index in [1.807, 2.05) is 6.07 Å². The van der Waals surface area contributed by atoms with Gasteiger partial charge in [0.05, 0.1) is 6.10 Å². The van der Waals surface area contributed by atoms with Crippen LogP contribution in [0.1, 0.15) is 25.0 Å². The molecule has 3 heteroatoms. The van der Waals surface area contributed by atoms with E-state index >= 15 is 0 Å². The summed E-state index contributed by atoms with van der Waals surface area (Å²) in [6.45, 7) is 0. The third-order valence-electron chi connectivity index (χ3n) is 2.22. The molecule has 1 aliphatic rings. The first-order valence-electron chi connectivity index (χ1n) is 4.42. The largest absolute Gasteiger partial charge is 0.487 e. The molecule has 1 aliphatic carbocycles. The molecule has 66 valence electrons. The molecule has 0 unspecified atom stereocenters.